The number of pyridine rings is 1. The SMILES string of the molecule is CC(C)(C=O)Cc1c[nH]c2ncc(-c3ccnc(N4CCC(O)C4)c3)nc12. The number of fused-ring (bicyclic) bond motifs is 1. The zero-order chi connectivity index (χ0) is 19.0. The van der Waals surface area contributed by atoms with Crippen LogP contribution < -0.4 is 4.90 Å². The Bertz CT molecular complexity index is 981. The summed E-state index contributed by atoms with van der Waals surface area (Å²) in [5.41, 5.74) is 3.72. The van der Waals surface area contributed by atoms with Crippen LogP contribution in [0.2, 0.25) is 0 Å². The van der Waals surface area contributed by atoms with E-state index in [1.165, 1.54) is 0 Å². The Morgan fingerprint density at radius 1 is 1.41 bits per heavy atom. The van der Waals surface area contributed by atoms with Crippen molar-refractivity contribution in [3.63, 3.8) is 0 Å². The smallest absolute Gasteiger partial charge is 0.156 e. The van der Waals surface area contributed by atoms with Crippen molar-refractivity contribution in [2.24, 2.45) is 5.41 Å². The number of hydrogen-bond donors (Lipinski definition) is 2. The second-order valence-corrected chi connectivity index (χ2v) is 7.84. The lowest BCUT2D eigenvalue weighted by atomic mass is 9.88. The number of hydrogen-bond acceptors (Lipinski definition) is 6. The number of anilines is 1. The van der Waals surface area contributed by atoms with E-state index in [-0.39, 0.29) is 6.10 Å². The number of aliphatic hydroxyl groups is 1. The van der Waals surface area contributed by atoms with Gasteiger partial charge in [-0.2, -0.15) is 0 Å². The largest absolute Gasteiger partial charge is 0.391 e. The minimum atomic E-state index is -0.451. The zero-order valence-corrected chi connectivity index (χ0v) is 15.5. The summed E-state index contributed by atoms with van der Waals surface area (Å²) in [5.74, 6) is 0.835. The topological polar surface area (TPSA) is 95.0 Å². The fourth-order valence-electron chi connectivity index (χ4n) is 3.45. The maximum atomic E-state index is 11.3. The lowest BCUT2D eigenvalue weighted by Crippen LogP contribution is -2.22. The molecule has 7 nitrogen and oxygen atoms in total. The van der Waals surface area contributed by atoms with Gasteiger partial charge in [-0.25, -0.2) is 15.0 Å². The third-order valence-corrected chi connectivity index (χ3v) is 4.95. The summed E-state index contributed by atoms with van der Waals surface area (Å²) in [6.45, 7) is 5.22. The van der Waals surface area contributed by atoms with Gasteiger partial charge in [-0.3, -0.25) is 0 Å². The van der Waals surface area contributed by atoms with E-state index in [0.29, 0.717) is 18.6 Å². The van der Waals surface area contributed by atoms with Crippen LogP contribution in [0.15, 0.2) is 30.7 Å². The van der Waals surface area contributed by atoms with E-state index in [1.54, 1.807) is 12.4 Å². The number of rotatable bonds is 5. The molecule has 3 aromatic heterocycles. The van der Waals surface area contributed by atoms with Crippen LogP contribution >= 0.6 is 0 Å². The maximum absolute atomic E-state index is 11.3. The molecule has 0 amide bonds. The maximum Gasteiger partial charge on any atom is 0.156 e. The van der Waals surface area contributed by atoms with Gasteiger partial charge in [0.15, 0.2) is 5.65 Å². The summed E-state index contributed by atoms with van der Waals surface area (Å²) < 4.78 is 0. The number of β-amino-alcohol motifs (C(OH)–C–C–N with tert-alkyl or cyclic N) is 1. The van der Waals surface area contributed by atoms with Gasteiger partial charge in [0, 0.05) is 36.5 Å². The van der Waals surface area contributed by atoms with Crippen molar-refractivity contribution in [2.75, 3.05) is 18.0 Å². The molecule has 1 atom stereocenters. The second-order valence-electron chi connectivity index (χ2n) is 7.84. The van der Waals surface area contributed by atoms with Gasteiger partial charge in [-0.05, 0) is 30.5 Å². The molecule has 3 aromatic rings. The van der Waals surface area contributed by atoms with Crippen molar-refractivity contribution in [3.8, 4) is 11.3 Å². The number of carbonyl (C=O) groups is 1. The van der Waals surface area contributed by atoms with Crippen LogP contribution in [0.1, 0.15) is 25.8 Å². The summed E-state index contributed by atoms with van der Waals surface area (Å²) >= 11 is 0. The van der Waals surface area contributed by atoms with Gasteiger partial charge in [0.1, 0.15) is 17.6 Å². The number of aromatic amines is 1. The second kappa shape index (κ2) is 6.74. The predicted octanol–water partition coefficient (Wildman–Crippen LogP) is 2.36. The summed E-state index contributed by atoms with van der Waals surface area (Å²) in [5, 5.41) is 9.77. The van der Waals surface area contributed by atoms with E-state index >= 15 is 0 Å². The quantitative estimate of drug-likeness (QED) is 0.674. The van der Waals surface area contributed by atoms with E-state index in [4.69, 9.17) is 4.98 Å². The van der Waals surface area contributed by atoms with Crippen molar-refractivity contribution in [1.29, 1.82) is 0 Å². The minimum Gasteiger partial charge on any atom is -0.391 e. The molecule has 140 valence electrons. The van der Waals surface area contributed by atoms with Gasteiger partial charge >= 0.3 is 0 Å². The number of aldehydes is 1. The highest BCUT2D eigenvalue weighted by atomic mass is 16.3. The van der Waals surface area contributed by atoms with Crippen molar-refractivity contribution >= 4 is 23.3 Å². The van der Waals surface area contributed by atoms with Crippen LogP contribution in [0.25, 0.3) is 22.4 Å². The Morgan fingerprint density at radius 3 is 3.00 bits per heavy atom. The van der Waals surface area contributed by atoms with Gasteiger partial charge in [-0.15, -0.1) is 0 Å². The molecule has 0 bridgehead atoms. The van der Waals surface area contributed by atoms with E-state index < -0.39 is 5.41 Å². The number of H-pyrrole nitrogens is 1. The highest BCUT2D eigenvalue weighted by Crippen LogP contribution is 2.27. The molecule has 0 aromatic carbocycles. The standard InChI is InChI=1S/C20H23N5O2/c1-20(2,12-26)8-14-9-22-19-18(14)24-16(10-23-19)13-3-5-21-17(7-13)25-6-4-15(27)11-25/h3,5,7,9-10,12,15,27H,4,6,8,11H2,1-2H3,(H,22,23). The van der Waals surface area contributed by atoms with Crippen molar-refractivity contribution < 1.29 is 9.90 Å². The van der Waals surface area contributed by atoms with Gasteiger partial charge in [-0.1, -0.05) is 13.8 Å². The van der Waals surface area contributed by atoms with Gasteiger partial charge in [0.2, 0.25) is 0 Å². The lowest BCUT2D eigenvalue weighted by Gasteiger charge is -2.17. The third-order valence-electron chi connectivity index (χ3n) is 4.95. The Hall–Kier alpha value is -2.80. The molecule has 1 aliphatic rings. The number of carbonyl (C=O) groups excluding carboxylic acids is 1. The first-order valence-electron chi connectivity index (χ1n) is 9.14. The Balaban J connectivity index is 1.69. The van der Waals surface area contributed by atoms with E-state index in [1.807, 2.05) is 32.2 Å². The summed E-state index contributed by atoms with van der Waals surface area (Å²) in [7, 11) is 0. The van der Waals surface area contributed by atoms with Gasteiger partial charge in [0.05, 0.1) is 18.0 Å². The molecule has 0 saturated carbocycles. The summed E-state index contributed by atoms with van der Waals surface area (Å²) in [6, 6.07) is 3.89. The monoisotopic (exact) mass is 365 g/mol. The fourth-order valence-corrected chi connectivity index (χ4v) is 3.45. The predicted molar refractivity (Wildman–Crippen MR) is 104 cm³/mol. The Morgan fingerprint density at radius 2 is 2.26 bits per heavy atom. The number of aromatic nitrogens is 4. The Labute approximate surface area is 157 Å². The van der Waals surface area contributed by atoms with E-state index in [9.17, 15) is 9.90 Å². The molecule has 27 heavy (non-hydrogen) atoms. The molecule has 0 spiro atoms. The van der Waals surface area contributed by atoms with Crippen LogP contribution in [0.4, 0.5) is 5.82 Å². The molecule has 0 radical (unpaired) electrons. The molecule has 1 aliphatic heterocycles. The summed E-state index contributed by atoms with van der Waals surface area (Å²) in [6.07, 6.45) is 7.42. The first kappa shape index (κ1) is 17.6. The molecular formula is C20H23N5O2. The van der Waals surface area contributed by atoms with E-state index in [2.05, 4.69) is 19.9 Å². The molecule has 1 fully saturated rings. The molecule has 4 heterocycles. The lowest BCUT2D eigenvalue weighted by molar-refractivity contribution is -0.114. The molecule has 2 N–H and O–H groups in total. The fraction of sp³-hybridized carbons (Fsp3) is 0.400. The van der Waals surface area contributed by atoms with Crippen molar-refractivity contribution in [2.45, 2.75) is 32.8 Å². The zero-order valence-electron chi connectivity index (χ0n) is 15.5. The van der Waals surface area contributed by atoms with E-state index in [0.717, 1.165) is 47.4 Å². The highest BCUT2D eigenvalue weighted by Gasteiger charge is 2.22. The average Bonchev–Trinajstić information content (AvgIpc) is 3.28. The van der Waals surface area contributed by atoms with Crippen molar-refractivity contribution in [3.05, 3.63) is 36.3 Å². The van der Waals surface area contributed by atoms with Gasteiger partial charge < -0.3 is 19.8 Å². The normalized spacial score (nSPS) is 17.6. The van der Waals surface area contributed by atoms with Gasteiger partial charge in [0.25, 0.3) is 0 Å². The Kier molecular flexibility index (Phi) is 4.39. The molecule has 0 aliphatic carbocycles. The third kappa shape index (κ3) is 3.55. The van der Waals surface area contributed by atoms with Crippen LogP contribution in [-0.4, -0.2) is 50.5 Å². The highest BCUT2D eigenvalue weighted by molar-refractivity contribution is 5.79. The summed E-state index contributed by atoms with van der Waals surface area (Å²) in [4.78, 5) is 30.2. The molecule has 4 rings (SSSR count). The molecule has 7 heteroatoms. The van der Waals surface area contributed by atoms with Crippen molar-refractivity contribution in [1.82, 2.24) is 19.9 Å². The van der Waals surface area contributed by atoms with Crippen LogP contribution in [0, 0.1) is 5.41 Å². The number of aliphatic hydroxyl groups excluding tert-OH is 1. The average molecular weight is 365 g/mol. The molecule has 1 saturated heterocycles. The first-order valence-corrected chi connectivity index (χ1v) is 9.14. The minimum absolute atomic E-state index is 0.296. The molecular weight excluding hydrogens is 342 g/mol. The number of nitrogens with zero attached hydrogens (tertiary/aromatic N) is 4. The number of nitrogens with one attached hydrogen (secondary N) is 1. The van der Waals surface area contributed by atoms with Crippen LogP contribution in [-0.2, 0) is 11.2 Å². The molecule has 1 unspecified atom stereocenters. The van der Waals surface area contributed by atoms with Crippen LogP contribution in [0.3, 0.4) is 0 Å². The first-order chi connectivity index (χ1) is 12.9. The van der Waals surface area contributed by atoms with Crippen LogP contribution in [0.5, 0.6) is 0 Å².